The predicted octanol–water partition coefficient (Wildman–Crippen LogP) is 2.33. The summed E-state index contributed by atoms with van der Waals surface area (Å²) >= 11 is 0. The number of rotatable bonds is 7. The molecule has 1 amide bonds. The standard InChI is InChI=1S/C14H21NO4/c1-4-11(5-2)9-15(10-13(16)18-3)14(17)12-7-6-8-19-12/h6-8,11H,4-5,9-10H2,1-3H3. The van der Waals surface area contributed by atoms with Gasteiger partial charge in [0.25, 0.3) is 5.91 Å². The summed E-state index contributed by atoms with van der Waals surface area (Å²) < 4.78 is 9.73. The molecule has 0 saturated heterocycles. The van der Waals surface area contributed by atoms with Gasteiger partial charge in [0.05, 0.1) is 13.4 Å². The van der Waals surface area contributed by atoms with Crippen molar-refractivity contribution in [2.75, 3.05) is 20.2 Å². The maximum Gasteiger partial charge on any atom is 0.325 e. The average molecular weight is 267 g/mol. The van der Waals surface area contributed by atoms with Crippen LogP contribution in [-0.4, -0.2) is 37.0 Å². The number of ether oxygens (including phenoxy) is 1. The van der Waals surface area contributed by atoms with Gasteiger partial charge in [-0.25, -0.2) is 0 Å². The molecule has 0 aliphatic heterocycles. The summed E-state index contributed by atoms with van der Waals surface area (Å²) in [5.74, 6) is -0.0911. The number of hydrogen-bond donors (Lipinski definition) is 0. The number of nitrogens with zero attached hydrogens (tertiary/aromatic N) is 1. The molecule has 1 aromatic heterocycles. The molecule has 1 heterocycles. The van der Waals surface area contributed by atoms with Crippen molar-refractivity contribution in [2.24, 2.45) is 5.92 Å². The lowest BCUT2D eigenvalue weighted by Gasteiger charge is -2.24. The fraction of sp³-hybridized carbons (Fsp3) is 0.571. The van der Waals surface area contributed by atoms with Crippen LogP contribution in [0.3, 0.4) is 0 Å². The molecule has 0 spiro atoms. The van der Waals surface area contributed by atoms with E-state index < -0.39 is 5.97 Å². The summed E-state index contributed by atoms with van der Waals surface area (Å²) in [7, 11) is 1.31. The molecular formula is C14H21NO4. The molecule has 0 radical (unpaired) electrons. The van der Waals surface area contributed by atoms with Crippen LogP contribution in [0.5, 0.6) is 0 Å². The number of carbonyl (C=O) groups excluding carboxylic acids is 2. The summed E-state index contributed by atoms with van der Waals surface area (Å²) in [4.78, 5) is 25.1. The molecule has 0 bridgehead atoms. The second-order valence-electron chi connectivity index (χ2n) is 4.42. The SMILES string of the molecule is CCC(CC)CN(CC(=O)OC)C(=O)c1ccco1. The minimum atomic E-state index is -0.425. The smallest absolute Gasteiger partial charge is 0.325 e. The Balaban J connectivity index is 2.79. The lowest BCUT2D eigenvalue weighted by molar-refractivity contribution is -0.141. The highest BCUT2D eigenvalue weighted by Crippen LogP contribution is 2.13. The molecule has 0 unspecified atom stereocenters. The number of furan rings is 1. The first kappa shape index (κ1) is 15.3. The fourth-order valence-corrected chi connectivity index (χ4v) is 1.85. The summed E-state index contributed by atoms with van der Waals surface area (Å²) in [5, 5.41) is 0. The van der Waals surface area contributed by atoms with E-state index in [9.17, 15) is 9.59 Å². The van der Waals surface area contributed by atoms with Gasteiger partial charge in [-0.1, -0.05) is 26.7 Å². The van der Waals surface area contributed by atoms with Crippen LogP contribution in [0.2, 0.25) is 0 Å². The lowest BCUT2D eigenvalue weighted by atomic mass is 10.0. The van der Waals surface area contributed by atoms with Gasteiger partial charge < -0.3 is 14.1 Å². The number of carbonyl (C=O) groups is 2. The maximum absolute atomic E-state index is 12.2. The quantitative estimate of drug-likeness (QED) is 0.711. The number of methoxy groups -OCH3 is 1. The normalized spacial score (nSPS) is 10.5. The fourth-order valence-electron chi connectivity index (χ4n) is 1.85. The third-order valence-electron chi connectivity index (χ3n) is 3.20. The minimum Gasteiger partial charge on any atom is -0.468 e. The number of hydrogen-bond acceptors (Lipinski definition) is 4. The van der Waals surface area contributed by atoms with Gasteiger partial charge in [0.15, 0.2) is 5.76 Å². The molecule has 5 heteroatoms. The molecule has 0 aromatic carbocycles. The Morgan fingerprint density at radius 2 is 2.05 bits per heavy atom. The molecular weight excluding hydrogens is 246 g/mol. The van der Waals surface area contributed by atoms with E-state index in [-0.39, 0.29) is 18.2 Å². The Bertz CT molecular complexity index is 396. The summed E-state index contributed by atoms with van der Waals surface area (Å²) in [6.45, 7) is 4.62. The molecule has 0 aliphatic carbocycles. The first-order valence-corrected chi connectivity index (χ1v) is 6.51. The second kappa shape index (κ2) is 7.61. The Hall–Kier alpha value is -1.78. The van der Waals surface area contributed by atoms with Crippen LogP contribution < -0.4 is 0 Å². The van der Waals surface area contributed by atoms with Crippen molar-refractivity contribution in [3.05, 3.63) is 24.2 Å². The maximum atomic E-state index is 12.2. The largest absolute Gasteiger partial charge is 0.468 e. The zero-order valence-corrected chi connectivity index (χ0v) is 11.7. The van der Waals surface area contributed by atoms with E-state index >= 15 is 0 Å². The van der Waals surface area contributed by atoms with Gasteiger partial charge >= 0.3 is 5.97 Å². The van der Waals surface area contributed by atoms with Gasteiger partial charge in [-0.3, -0.25) is 9.59 Å². The summed E-state index contributed by atoms with van der Waals surface area (Å²) in [6, 6.07) is 3.25. The zero-order valence-electron chi connectivity index (χ0n) is 11.7. The molecule has 0 aliphatic rings. The van der Waals surface area contributed by atoms with Gasteiger partial charge in [0.1, 0.15) is 6.54 Å². The Morgan fingerprint density at radius 1 is 1.37 bits per heavy atom. The number of amides is 1. The van der Waals surface area contributed by atoms with Gasteiger partial charge in [-0.15, -0.1) is 0 Å². The molecule has 0 fully saturated rings. The van der Waals surface area contributed by atoms with Crippen molar-refractivity contribution in [3.63, 3.8) is 0 Å². The predicted molar refractivity (Wildman–Crippen MR) is 70.7 cm³/mol. The van der Waals surface area contributed by atoms with E-state index in [4.69, 9.17) is 4.42 Å². The number of esters is 1. The molecule has 0 saturated carbocycles. The van der Waals surface area contributed by atoms with E-state index in [1.165, 1.54) is 18.3 Å². The highest BCUT2D eigenvalue weighted by molar-refractivity contribution is 5.93. The summed E-state index contributed by atoms with van der Waals surface area (Å²) in [6.07, 6.45) is 3.36. The minimum absolute atomic E-state index is 0.0491. The summed E-state index contributed by atoms with van der Waals surface area (Å²) in [5.41, 5.74) is 0. The van der Waals surface area contributed by atoms with Gasteiger partial charge in [-0.2, -0.15) is 0 Å². The van der Waals surface area contributed by atoms with E-state index in [0.717, 1.165) is 12.8 Å². The molecule has 0 N–H and O–H groups in total. The lowest BCUT2D eigenvalue weighted by Crippen LogP contribution is -2.39. The van der Waals surface area contributed by atoms with Crippen LogP contribution in [-0.2, 0) is 9.53 Å². The van der Waals surface area contributed by atoms with Crippen molar-refractivity contribution >= 4 is 11.9 Å². The second-order valence-corrected chi connectivity index (χ2v) is 4.42. The van der Waals surface area contributed by atoms with Gasteiger partial charge in [0, 0.05) is 6.54 Å². The van der Waals surface area contributed by atoms with Crippen molar-refractivity contribution in [1.29, 1.82) is 0 Å². The van der Waals surface area contributed by atoms with Crippen LogP contribution in [0.1, 0.15) is 37.2 Å². The van der Waals surface area contributed by atoms with Crippen molar-refractivity contribution in [2.45, 2.75) is 26.7 Å². The first-order valence-electron chi connectivity index (χ1n) is 6.51. The molecule has 0 atom stereocenters. The molecule has 5 nitrogen and oxygen atoms in total. The highest BCUT2D eigenvalue weighted by Gasteiger charge is 2.23. The topological polar surface area (TPSA) is 59.8 Å². The van der Waals surface area contributed by atoms with Crippen LogP contribution in [0.4, 0.5) is 0 Å². The van der Waals surface area contributed by atoms with E-state index in [2.05, 4.69) is 18.6 Å². The Labute approximate surface area is 113 Å². The van der Waals surface area contributed by atoms with Crippen molar-refractivity contribution < 1.29 is 18.7 Å². The highest BCUT2D eigenvalue weighted by atomic mass is 16.5. The average Bonchev–Trinajstić information content (AvgIpc) is 2.96. The van der Waals surface area contributed by atoms with Crippen molar-refractivity contribution in [1.82, 2.24) is 4.90 Å². The van der Waals surface area contributed by atoms with Crippen LogP contribution >= 0.6 is 0 Å². The van der Waals surface area contributed by atoms with E-state index in [1.54, 1.807) is 12.1 Å². The third-order valence-corrected chi connectivity index (χ3v) is 3.20. The Morgan fingerprint density at radius 3 is 2.53 bits per heavy atom. The zero-order chi connectivity index (χ0) is 14.3. The van der Waals surface area contributed by atoms with E-state index in [0.29, 0.717) is 12.5 Å². The monoisotopic (exact) mass is 267 g/mol. The van der Waals surface area contributed by atoms with Gasteiger partial charge in [0.2, 0.25) is 0 Å². The van der Waals surface area contributed by atoms with Crippen LogP contribution in [0, 0.1) is 5.92 Å². The van der Waals surface area contributed by atoms with E-state index in [1.807, 2.05) is 0 Å². The van der Waals surface area contributed by atoms with Crippen molar-refractivity contribution in [3.8, 4) is 0 Å². The van der Waals surface area contributed by atoms with Gasteiger partial charge in [-0.05, 0) is 18.1 Å². The van der Waals surface area contributed by atoms with Crippen LogP contribution in [0.15, 0.2) is 22.8 Å². The molecule has 1 aromatic rings. The Kier molecular flexibility index (Phi) is 6.12. The molecule has 1 rings (SSSR count). The van der Waals surface area contributed by atoms with Crippen LogP contribution in [0.25, 0.3) is 0 Å². The first-order chi connectivity index (χ1) is 9.12. The molecule has 106 valence electrons. The third kappa shape index (κ3) is 4.43. The molecule has 19 heavy (non-hydrogen) atoms.